The van der Waals surface area contributed by atoms with Crippen LogP contribution in [0.4, 0.5) is 13.2 Å². The summed E-state index contributed by atoms with van der Waals surface area (Å²) in [7, 11) is 0. The third kappa shape index (κ3) is 4.59. The molecule has 0 fully saturated rings. The summed E-state index contributed by atoms with van der Waals surface area (Å²) in [6, 6.07) is 1.46. The maximum Gasteiger partial charge on any atom is 0.451 e. The molecule has 0 amide bonds. The number of hydrogen-bond donors (Lipinski definition) is 3. The van der Waals surface area contributed by atoms with Crippen molar-refractivity contribution >= 4 is 50.2 Å². The van der Waals surface area contributed by atoms with Gasteiger partial charge >= 0.3 is 11.9 Å². The van der Waals surface area contributed by atoms with Gasteiger partial charge in [-0.3, -0.25) is 4.90 Å². The zero-order valence-corrected chi connectivity index (χ0v) is 19.2. The van der Waals surface area contributed by atoms with E-state index < -0.39 is 29.7 Å². The number of halogens is 5. The molecule has 0 bridgehead atoms. The Hall–Kier alpha value is -1.87. The fourth-order valence-electron chi connectivity index (χ4n) is 3.43. The van der Waals surface area contributed by atoms with E-state index in [1.54, 1.807) is 4.90 Å². The molecule has 15 heteroatoms. The van der Waals surface area contributed by atoms with Crippen LogP contribution in [-0.2, 0) is 19.3 Å². The third-order valence-corrected chi connectivity index (χ3v) is 7.69. The van der Waals surface area contributed by atoms with Crippen LogP contribution in [0.1, 0.15) is 11.6 Å². The molecule has 1 aromatic carbocycles. The van der Waals surface area contributed by atoms with E-state index in [4.69, 9.17) is 11.6 Å². The van der Waals surface area contributed by atoms with Gasteiger partial charge in [-0.15, -0.1) is 22.0 Å². The van der Waals surface area contributed by atoms with E-state index in [1.807, 2.05) is 0 Å². The lowest BCUT2D eigenvalue weighted by molar-refractivity contribution is -0.148. The number of aromatic nitrogens is 5. The topological polar surface area (TPSA) is 120 Å². The Morgan fingerprint density at radius 3 is 2.81 bits per heavy atom. The van der Waals surface area contributed by atoms with Crippen molar-refractivity contribution in [3.63, 3.8) is 0 Å². The van der Waals surface area contributed by atoms with Gasteiger partial charge < -0.3 is 19.8 Å². The number of aliphatic hydroxyl groups is 1. The average molecular weight is 556 g/mol. The summed E-state index contributed by atoms with van der Waals surface area (Å²) in [5.74, 6) is -1.10. The number of rotatable bonds is 5. The number of aromatic amines is 1. The van der Waals surface area contributed by atoms with Crippen LogP contribution in [0.25, 0.3) is 10.9 Å². The molecule has 9 nitrogen and oxygen atoms in total. The lowest BCUT2D eigenvalue weighted by Gasteiger charge is -2.29. The molecular formula is C17H15BrClF3N6O3S. The molecule has 172 valence electrons. The normalized spacial score (nSPS) is 15.8. The van der Waals surface area contributed by atoms with Crippen LogP contribution in [0.3, 0.4) is 0 Å². The van der Waals surface area contributed by atoms with Gasteiger partial charge in [0.05, 0.1) is 33.0 Å². The molecule has 4 rings (SSSR count). The fraction of sp³-hybridized carbons (Fsp3) is 0.412. The summed E-state index contributed by atoms with van der Waals surface area (Å²) < 4.78 is 40.4. The second-order valence-electron chi connectivity index (χ2n) is 7.08. The second kappa shape index (κ2) is 8.82. The van der Waals surface area contributed by atoms with Crippen LogP contribution >= 0.6 is 39.3 Å². The summed E-state index contributed by atoms with van der Waals surface area (Å²) >= 11 is 10.8. The van der Waals surface area contributed by atoms with E-state index in [2.05, 4.69) is 36.1 Å². The minimum absolute atomic E-state index is 0.0645. The highest BCUT2D eigenvalue weighted by Gasteiger charge is 2.39. The maximum atomic E-state index is 13.0. The Balaban J connectivity index is 1.46. The largest absolute Gasteiger partial charge is 0.493 e. The molecule has 0 saturated carbocycles. The number of β-amino-alcohol motifs (C(OH)–C–C–N with tert-alkyl or cyclic N) is 1. The number of H-pyrrole nitrogens is 1. The van der Waals surface area contributed by atoms with Crippen molar-refractivity contribution in [2.24, 2.45) is 0 Å². The van der Waals surface area contributed by atoms with E-state index in [1.165, 1.54) is 17.8 Å². The molecule has 1 aliphatic rings. The first-order valence-corrected chi connectivity index (χ1v) is 11.3. The van der Waals surface area contributed by atoms with Gasteiger partial charge in [-0.25, -0.2) is 4.79 Å². The first kappa shape index (κ1) is 23.3. The van der Waals surface area contributed by atoms with E-state index in [9.17, 15) is 28.2 Å². The Morgan fingerprint density at radius 1 is 1.34 bits per heavy atom. The minimum atomic E-state index is -4.57. The Morgan fingerprint density at radius 2 is 2.09 bits per heavy atom. The first-order chi connectivity index (χ1) is 15.0. The standard InChI is InChI=1S/C17H15BrClF3N6O3S/c18-11-9(19)3-8-12(23-16(31)24-14(8)30)13(11)32-6-7(29)4-27-1-2-28-10(5-27)25-26-15(28)17(20,21)22/h3,7,29H,1-2,4-6H2,(H2,23,24,30,31)/t7-/m1/s1. The summed E-state index contributed by atoms with van der Waals surface area (Å²) in [4.78, 5) is 20.0. The van der Waals surface area contributed by atoms with E-state index in [0.29, 0.717) is 21.4 Å². The van der Waals surface area contributed by atoms with E-state index in [0.717, 1.165) is 4.57 Å². The zero-order valence-electron chi connectivity index (χ0n) is 16.0. The third-order valence-electron chi connectivity index (χ3n) is 4.83. The van der Waals surface area contributed by atoms with Crippen molar-refractivity contribution in [3.05, 3.63) is 37.7 Å². The average Bonchev–Trinajstić information content (AvgIpc) is 3.13. The smallest absolute Gasteiger partial charge is 0.451 e. The number of aliphatic hydroxyl groups excluding tert-OH is 1. The number of nitrogens with zero attached hydrogens (tertiary/aromatic N) is 5. The monoisotopic (exact) mass is 554 g/mol. The molecule has 1 aliphatic heterocycles. The van der Waals surface area contributed by atoms with Gasteiger partial charge in [-0.2, -0.15) is 18.2 Å². The molecule has 0 radical (unpaired) electrons. The highest BCUT2D eigenvalue weighted by molar-refractivity contribution is 9.10. The SMILES string of the molecule is O=c1nc(O)c2cc(Cl)c(Br)c(SC[C@H](O)CN3CCn4c(nnc4C(F)(F)F)C3)c2[nH]1. The van der Waals surface area contributed by atoms with Crippen molar-refractivity contribution in [2.45, 2.75) is 30.3 Å². The van der Waals surface area contributed by atoms with Gasteiger partial charge in [0.2, 0.25) is 11.7 Å². The van der Waals surface area contributed by atoms with Gasteiger partial charge in [0.25, 0.3) is 0 Å². The minimum Gasteiger partial charge on any atom is -0.493 e. The zero-order chi connectivity index (χ0) is 23.2. The number of fused-ring (bicyclic) bond motifs is 2. The van der Waals surface area contributed by atoms with Crippen LogP contribution in [0.5, 0.6) is 5.88 Å². The quantitative estimate of drug-likeness (QED) is 0.411. The van der Waals surface area contributed by atoms with E-state index >= 15 is 0 Å². The van der Waals surface area contributed by atoms with Gasteiger partial charge in [0.1, 0.15) is 5.82 Å². The van der Waals surface area contributed by atoms with Crippen molar-refractivity contribution in [2.75, 3.05) is 18.8 Å². The summed E-state index contributed by atoms with van der Waals surface area (Å²) in [6.45, 7) is 0.684. The number of aromatic hydroxyl groups is 1. The van der Waals surface area contributed by atoms with Crippen LogP contribution in [0.2, 0.25) is 5.02 Å². The van der Waals surface area contributed by atoms with E-state index in [-0.39, 0.29) is 41.6 Å². The van der Waals surface area contributed by atoms with Gasteiger partial charge in [0, 0.05) is 30.3 Å². The Bertz CT molecular complexity index is 1240. The lowest BCUT2D eigenvalue weighted by Crippen LogP contribution is -2.40. The van der Waals surface area contributed by atoms with Crippen LogP contribution in [0, 0.1) is 0 Å². The molecule has 0 spiro atoms. The number of thioether (sulfide) groups is 1. The van der Waals surface area contributed by atoms with Crippen molar-refractivity contribution in [1.82, 2.24) is 29.6 Å². The molecule has 0 saturated heterocycles. The fourth-order valence-corrected chi connectivity index (χ4v) is 5.36. The van der Waals surface area contributed by atoms with Crippen molar-refractivity contribution < 1.29 is 23.4 Å². The Labute approximate surface area is 195 Å². The van der Waals surface area contributed by atoms with Crippen LogP contribution in [0.15, 0.2) is 20.2 Å². The lowest BCUT2D eigenvalue weighted by atomic mass is 10.2. The van der Waals surface area contributed by atoms with Gasteiger partial charge in [0.15, 0.2) is 0 Å². The molecule has 3 aromatic rings. The summed E-state index contributed by atoms with van der Waals surface area (Å²) in [5, 5.41) is 27.9. The highest BCUT2D eigenvalue weighted by Crippen LogP contribution is 2.40. The predicted octanol–water partition coefficient (Wildman–Crippen LogP) is 2.62. The number of hydrogen-bond acceptors (Lipinski definition) is 8. The van der Waals surface area contributed by atoms with Crippen LogP contribution < -0.4 is 5.69 Å². The molecular weight excluding hydrogens is 541 g/mol. The number of benzene rings is 1. The van der Waals surface area contributed by atoms with Crippen LogP contribution in [-0.4, -0.2) is 64.8 Å². The number of alkyl halides is 3. The van der Waals surface area contributed by atoms with Gasteiger partial charge in [-0.1, -0.05) is 11.6 Å². The first-order valence-electron chi connectivity index (χ1n) is 9.18. The highest BCUT2D eigenvalue weighted by atomic mass is 79.9. The molecule has 32 heavy (non-hydrogen) atoms. The summed E-state index contributed by atoms with van der Waals surface area (Å²) in [6.07, 6.45) is -5.42. The van der Waals surface area contributed by atoms with Crippen molar-refractivity contribution in [3.8, 4) is 5.88 Å². The Kier molecular flexibility index (Phi) is 6.42. The number of nitrogens with one attached hydrogen (secondary N) is 1. The molecule has 0 unspecified atom stereocenters. The molecule has 1 atom stereocenters. The van der Waals surface area contributed by atoms with Gasteiger partial charge in [-0.05, 0) is 22.0 Å². The molecule has 3 heterocycles. The predicted molar refractivity (Wildman–Crippen MR) is 114 cm³/mol. The maximum absolute atomic E-state index is 13.0. The second-order valence-corrected chi connectivity index (χ2v) is 9.31. The molecule has 0 aliphatic carbocycles. The summed E-state index contributed by atoms with van der Waals surface area (Å²) in [5.41, 5.74) is -0.413. The van der Waals surface area contributed by atoms with Crippen molar-refractivity contribution in [1.29, 1.82) is 0 Å². The molecule has 3 N–H and O–H groups in total. The molecule has 2 aromatic heterocycles.